The van der Waals surface area contributed by atoms with Gasteiger partial charge in [0.05, 0.1) is 39.1 Å². The molecule has 0 spiro atoms. The normalized spacial score (nSPS) is 11.7. The summed E-state index contributed by atoms with van der Waals surface area (Å²) in [5, 5.41) is 3.75. The van der Waals surface area contributed by atoms with E-state index < -0.39 is 0 Å². The Hall–Kier alpha value is -6.32. The zero-order valence-electron chi connectivity index (χ0n) is 30.7. The lowest BCUT2D eigenvalue weighted by molar-refractivity contribution is 1.07. The topological polar surface area (TPSA) is 60.0 Å². The van der Waals surface area contributed by atoms with Gasteiger partial charge in [-0.15, -0.1) is 0 Å². The predicted octanol–water partition coefficient (Wildman–Crippen LogP) is 12.4. The molecule has 7 aromatic carbocycles. The van der Waals surface area contributed by atoms with E-state index in [9.17, 15) is 0 Å². The number of amidine groups is 1. The molecule has 0 amide bonds. The molecule has 266 valence electrons. The fourth-order valence-corrected chi connectivity index (χ4v) is 7.75. The summed E-state index contributed by atoms with van der Waals surface area (Å²) in [5.41, 5.74) is 14.2. The monoisotopic (exact) mass is 824 g/mol. The van der Waals surface area contributed by atoms with E-state index in [2.05, 4.69) is 197 Å². The number of halogens is 1. The van der Waals surface area contributed by atoms with Gasteiger partial charge in [0.15, 0.2) is 0 Å². The number of aryl methyl sites for hydroxylation is 3. The molecule has 9 aromatic rings. The first kappa shape index (κ1) is 34.4. The molecule has 1 N–H and O–H groups in total. The molecule has 0 aliphatic heterocycles. The number of hydrogen-bond donors (Lipinski definition) is 1. The molecule has 0 radical (unpaired) electrons. The number of imidazole rings is 2. The molecular weight excluding hydrogens is 787 g/mol. The Morgan fingerprint density at radius 3 is 1.55 bits per heavy atom. The van der Waals surface area contributed by atoms with Crippen LogP contribution >= 0.6 is 22.6 Å². The number of nitrogens with zero attached hydrogens (tertiary/aromatic N) is 5. The van der Waals surface area contributed by atoms with E-state index in [-0.39, 0.29) is 0 Å². The van der Waals surface area contributed by atoms with Crippen LogP contribution in [0.15, 0.2) is 169 Å². The van der Waals surface area contributed by atoms with Gasteiger partial charge in [-0.2, -0.15) is 0 Å². The van der Waals surface area contributed by atoms with E-state index in [0.29, 0.717) is 0 Å². The van der Waals surface area contributed by atoms with Crippen molar-refractivity contribution >= 4 is 61.9 Å². The lowest BCUT2D eigenvalue weighted by Gasteiger charge is -2.18. The summed E-state index contributed by atoms with van der Waals surface area (Å²) in [6, 6.07) is 56.9. The van der Waals surface area contributed by atoms with E-state index in [1.54, 1.807) is 0 Å². The Balaban J connectivity index is 1.38. The maximum absolute atomic E-state index is 5.35. The highest BCUT2D eigenvalue weighted by Crippen LogP contribution is 2.37. The number of para-hydroxylation sites is 8. The molecule has 0 unspecified atom stereocenters. The molecule has 9 rings (SSSR count). The predicted molar refractivity (Wildman–Crippen MR) is 236 cm³/mol. The van der Waals surface area contributed by atoms with Gasteiger partial charge in [-0.05, 0) is 133 Å². The summed E-state index contributed by atoms with van der Waals surface area (Å²) in [7, 11) is 0. The SMILES string of the molecule is Cc1ccccc1N/C(=N\c1ccccc1I)c1cc(-c2nc3ccccc3n2-c2ccccc2C)cc(-c2nc3ccccc3n2-c2ccccc2C)c1. The van der Waals surface area contributed by atoms with Gasteiger partial charge >= 0.3 is 0 Å². The number of fused-ring (bicyclic) bond motifs is 2. The van der Waals surface area contributed by atoms with Gasteiger partial charge in [0.1, 0.15) is 17.5 Å². The lowest BCUT2D eigenvalue weighted by atomic mass is 10.0. The van der Waals surface area contributed by atoms with Crippen LogP contribution in [0.1, 0.15) is 22.3 Å². The molecular formula is C48H37IN6. The Morgan fingerprint density at radius 2 is 1.00 bits per heavy atom. The standard InChI is InChI=1S/C48H37IN6/c1-31-16-4-8-20-38(31)50-46(51-39-21-9-7-19-37(39)49)34-28-35(47-52-40-22-10-14-26-44(40)54(47)42-24-12-5-17-32(42)2)30-36(29-34)48-53-41-23-11-15-27-45(41)55(48)43-25-13-6-18-33(43)3/h4-30H,1-3H3,(H,50,51). The summed E-state index contributed by atoms with van der Waals surface area (Å²) < 4.78 is 5.62. The first-order valence-electron chi connectivity index (χ1n) is 18.3. The highest BCUT2D eigenvalue weighted by molar-refractivity contribution is 14.1. The van der Waals surface area contributed by atoms with Gasteiger partial charge < -0.3 is 5.32 Å². The molecule has 55 heavy (non-hydrogen) atoms. The van der Waals surface area contributed by atoms with Crippen molar-refractivity contribution in [1.82, 2.24) is 19.1 Å². The number of anilines is 1. The van der Waals surface area contributed by atoms with Gasteiger partial charge in [0, 0.05) is 25.9 Å². The molecule has 7 heteroatoms. The van der Waals surface area contributed by atoms with Crippen molar-refractivity contribution < 1.29 is 0 Å². The van der Waals surface area contributed by atoms with E-state index >= 15 is 0 Å². The van der Waals surface area contributed by atoms with Crippen molar-refractivity contribution in [3.63, 3.8) is 0 Å². The number of benzene rings is 7. The second-order valence-electron chi connectivity index (χ2n) is 13.7. The fraction of sp³-hybridized carbons (Fsp3) is 0.0625. The Labute approximate surface area is 334 Å². The first-order valence-corrected chi connectivity index (χ1v) is 19.4. The first-order chi connectivity index (χ1) is 26.9. The van der Waals surface area contributed by atoms with Crippen LogP contribution < -0.4 is 5.32 Å². The quantitative estimate of drug-likeness (QED) is 0.0989. The molecule has 0 aliphatic carbocycles. The maximum atomic E-state index is 5.35. The highest BCUT2D eigenvalue weighted by Gasteiger charge is 2.22. The Morgan fingerprint density at radius 1 is 0.527 bits per heavy atom. The van der Waals surface area contributed by atoms with Gasteiger partial charge in [0.25, 0.3) is 0 Å². The Kier molecular flexibility index (Phi) is 9.07. The van der Waals surface area contributed by atoms with Crippen molar-refractivity contribution in [3.8, 4) is 34.2 Å². The van der Waals surface area contributed by atoms with Gasteiger partial charge in [-0.25, -0.2) is 15.0 Å². The fourth-order valence-electron chi connectivity index (χ4n) is 7.25. The van der Waals surface area contributed by atoms with Gasteiger partial charge in [0.2, 0.25) is 0 Å². The third kappa shape index (κ3) is 6.50. The van der Waals surface area contributed by atoms with Crippen LogP contribution in [0.3, 0.4) is 0 Å². The van der Waals surface area contributed by atoms with Crippen LogP contribution in [0.2, 0.25) is 0 Å². The molecule has 0 aliphatic rings. The summed E-state index contributed by atoms with van der Waals surface area (Å²) >= 11 is 2.36. The Bertz CT molecular complexity index is 2770. The van der Waals surface area contributed by atoms with Gasteiger partial charge in [-0.3, -0.25) is 9.13 Å². The molecule has 0 fully saturated rings. The minimum absolute atomic E-state index is 0.721. The second kappa shape index (κ2) is 14.5. The molecule has 0 bridgehead atoms. The molecule has 2 aromatic heterocycles. The minimum Gasteiger partial charge on any atom is -0.339 e. The molecule has 0 atom stereocenters. The number of aromatic nitrogens is 4. The number of rotatable bonds is 7. The van der Waals surface area contributed by atoms with Gasteiger partial charge in [-0.1, -0.05) is 91.0 Å². The third-order valence-corrected chi connectivity index (χ3v) is 11.0. The summed E-state index contributed by atoms with van der Waals surface area (Å²) in [6.07, 6.45) is 0. The van der Waals surface area contributed by atoms with Crippen LogP contribution in [0.4, 0.5) is 11.4 Å². The number of hydrogen-bond acceptors (Lipinski definition) is 3. The molecule has 0 saturated carbocycles. The summed E-state index contributed by atoms with van der Waals surface area (Å²) in [6.45, 7) is 6.42. The average molecular weight is 825 g/mol. The van der Waals surface area contributed by atoms with Crippen LogP contribution in [0.5, 0.6) is 0 Å². The van der Waals surface area contributed by atoms with Crippen LogP contribution in [0, 0.1) is 24.3 Å². The third-order valence-electron chi connectivity index (χ3n) is 10.0. The zero-order valence-corrected chi connectivity index (χ0v) is 32.9. The minimum atomic E-state index is 0.721. The maximum Gasteiger partial charge on any atom is 0.145 e. The van der Waals surface area contributed by atoms with Crippen molar-refractivity contribution in [3.05, 3.63) is 190 Å². The molecule has 2 heterocycles. The van der Waals surface area contributed by atoms with E-state index in [4.69, 9.17) is 15.0 Å². The van der Waals surface area contributed by atoms with Crippen molar-refractivity contribution in [2.45, 2.75) is 20.8 Å². The van der Waals surface area contributed by atoms with Crippen LogP contribution in [-0.2, 0) is 0 Å². The second-order valence-corrected chi connectivity index (χ2v) is 14.9. The average Bonchev–Trinajstić information content (AvgIpc) is 3.79. The zero-order chi connectivity index (χ0) is 37.5. The van der Waals surface area contributed by atoms with Crippen LogP contribution in [-0.4, -0.2) is 24.9 Å². The molecule has 0 saturated heterocycles. The van der Waals surface area contributed by atoms with E-state index in [1.165, 1.54) is 0 Å². The largest absolute Gasteiger partial charge is 0.339 e. The molecule has 6 nitrogen and oxygen atoms in total. The summed E-state index contributed by atoms with van der Waals surface area (Å²) in [4.78, 5) is 16.0. The smallest absolute Gasteiger partial charge is 0.145 e. The summed E-state index contributed by atoms with van der Waals surface area (Å²) in [5.74, 6) is 2.39. The van der Waals surface area contributed by atoms with Crippen molar-refractivity contribution in [2.24, 2.45) is 4.99 Å². The van der Waals surface area contributed by atoms with Crippen LogP contribution in [0.25, 0.3) is 56.2 Å². The number of nitrogens with one attached hydrogen (secondary N) is 1. The van der Waals surface area contributed by atoms with E-state index in [0.717, 1.165) is 99.3 Å². The van der Waals surface area contributed by atoms with Crippen molar-refractivity contribution in [2.75, 3.05) is 5.32 Å². The number of aliphatic imine (C=N–C) groups is 1. The lowest BCUT2D eigenvalue weighted by Crippen LogP contribution is -2.15. The highest BCUT2D eigenvalue weighted by atomic mass is 127. The van der Waals surface area contributed by atoms with Crippen molar-refractivity contribution in [1.29, 1.82) is 0 Å². The van der Waals surface area contributed by atoms with E-state index in [1.807, 2.05) is 24.3 Å².